The summed E-state index contributed by atoms with van der Waals surface area (Å²) >= 11 is 5.77. The minimum atomic E-state index is 0.232. The standard InChI is InChI=1S/C13H19ClN4/c1-13(2)11-5-15-3-9(11)7-18(13)8-10-4-17-12(14)6-16-10/h4,6,9,11,15H,3,5,7-8H2,1-2H3. The molecule has 2 atom stereocenters. The van der Waals surface area contributed by atoms with Crippen molar-refractivity contribution < 1.29 is 0 Å². The highest BCUT2D eigenvalue weighted by Crippen LogP contribution is 2.41. The van der Waals surface area contributed by atoms with E-state index in [9.17, 15) is 0 Å². The van der Waals surface area contributed by atoms with E-state index in [2.05, 4.69) is 34.0 Å². The second kappa shape index (κ2) is 4.44. The zero-order chi connectivity index (χ0) is 12.8. The summed E-state index contributed by atoms with van der Waals surface area (Å²) < 4.78 is 0. The first kappa shape index (κ1) is 12.3. The molecule has 18 heavy (non-hydrogen) atoms. The van der Waals surface area contributed by atoms with Crippen molar-refractivity contribution in [1.82, 2.24) is 20.2 Å². The highest BCUT2D eigenvalue weighted by Gasteiger charge is 2.49. The maximum Gasteiger partial charge on any atom is 0.147 e. The Hall–Kier alpha value is -0.710. The fourth-order valence-electron chi connectivity index (χ4n) is 3.39. The molecule has 2 fully saturated rings. The fraction of sp³-hybridized carbons (Fsp3) is 0.692. The Balaban J connectivity index is 1.75. The molecule has 1 N–H and O–H groups in total. The number of likely N-dealkylation sites (tertiary alicyclic amines) is 1. The Morgan fingerprint density at radius 1 is 1.39 bits per heavy atom. The van der Waals surface area contributed by atoms with Gasteiger partial charge in [-0.15, -0.1) is 0 Å². The molecule has 98 valence electrons. The average Bonchev–Trinajstić information content (AvgIpc) is 2.87. The molecule has 2 saturated heterocycles. The van der Waals surface area contributed by atoms with Crippen molar-refractivity contribution in [2.75, 3.05) is 19.6 Å². The second-order valence-electron chi connectivity index (χ2n) is 5.89. The van der Waals surface area contributed by atoms with Crippen LogP contribution in [0.25, 0.3) is 0 Å². The van der Waals surface area contributed by atoms with Crippen LogP contribution < -0.4 is 5.32 Å². The van der Waals surface area contributed by atoms with Gasteiger partial charge in [-0.3, -0.25) is 9.88 Å². The average molecular weight is 267 g/mol. The molecule has 2 aliphatic heterocycles. The SMILES string of the molecule is CC1(C)C2CNCC2CN1Cc1cnc(Cl)cn1. The van der Waals surface area contributed by atoms with E-state index in [0.717, 1.165) is 43.7 Å². The number of nitrogens with one attached hydrogen (secondary N) is 1. The van der Waals surface area contributed by atoms with Gasteiger partial charge in [-0.05, 0) is 32.2 Å². The van der Waals surface area contributed by atoms with Gasteiger partial charge in [-0.2, -0.15) is 0 Å². The van der Waals surface area contributed by atoms with Crippen LogP contribution in [0.15, 0.2) is 12.4 Å². The largest absolute Gasteiger partial charge is 0.316 e. The Labute approximate surface area is 113 Å². The highest BCUT2D eigenvalue weighted by atomic mass is 35.5. The van der Waals surface area contributed by atoms with Crippen molar-refractivity contribution in [2.45, 2.75) is 25.9 Å². The van der Waals surface area contributed by atoms with E-state index in [4.69, 9.17) is 11.6 Å². The fourth-order valence-corrected chi connectivity index (χ4v) is 3.49. The van der Waals surface area contributed by atoms with Crippen LogP contribution in [0.4, 0.5) is 0 Å². The number of aromatic nitrogens is 2. The van der Waals surface area contributed by atoms with Crippen molar-refractivity contribution >= 4 is 11.6 Å². The molecule has 1 aromatic rings. The van der Waals surface area contributed by atoms with Gasteiger partial charge in [0.05, 0.1) is 18.1 Å². The second-order valence-corrected chi connectivity index (χ2v) is 6.28. The molecular weight excluding hydrogens is 248 g/mol. The smallest absolute Gasteiger partial charge is 0.147 e. The minimum absolute atomic E-state index is 0.232. The molecule has 3 rings (SSSR count). The van der Waals surface area contributed by atoms with E-state index in [1.165, 1.54) is 0 Å². The molecule has 0 bridgehead atoms. The monoisotopic (exact) mass is 266 g/mol. The van der Waals surface area contributed by atoms with Crippen LogP contribution in [-0.4, -0.2) is 40.0 Å². The van der Waals surface area contributed by atoms with Crippen molar-refractivity contribution in [2.24, 2.45) is 11.8 Å². The van der Waals surface area contributed by atoms with Gasteiger partial charge in [0.1, 0.15) is 5.15 Å². The Morgan fingerprint density at radius 3 is 2.89 bits per heavy atom. The molecule has 3 heterocycles. The normalized spacial score (nSPS) is 30.6. The maximum atomic E-state index is 5.77. The Kier molecular flexibility index (Phi) is 3.04. The number of hydrogen-bond acceptors (Lipinski definition) is 4. The van der Waals surface area contributed by atoms with Gasteiger partial charge in [0.25, 0.3) is 0 Å². The summed E-state index contributed by atoms with van der Waals surface area (Å²) in [7, 11) is 0. The third kappa shape index (κ3) is 2.02. The van der Waals surface area contributed by atoms with Gasteiger partial charge in [-0.25, -0.2) is 4.98 Å². The number of rotatable bonds is 2. The summed E-state index contributed by atoms with van der Waals surface area (Å²) in [5.41, 5.74) is 1.23. The van der Waals surface area contributed by atoms with Crippen LogP contribution in [0, 0.1) is 11.8 Å². The maximum absolute atomic E-state index is 5.77. The molecule has 2 unspecified atom stereocenters. The summed E-state index contributed by atoms with van der Waals surface area (Å²) in [6.45, 7) is 8.98. The van der Waals surface area contributed by atoms with Gasteiger partial charge in [0.2, 0.25) is 0 Å². The molecule has 0 radical (unpaired) electrons. The quantitative estimate of drug-likeness (QED) is 0.882. The first-order valence-electron chi connectivity index (χ1n) is 6.49. The predicted octanol–water partition coefficient (Wildman–Crippen LogP) is 1.56. The summed E-state index contributed by atoms with van der Waals surface area (Å²) in [6.07, 6.45) is 3.41. The van der Waals surface area contributed by atoms with Gasteiger partial charge >= 0.3 is 0 Å². The Morgan fingerprint density at radius 2 is 2.22 bits per heavy atom. The number of fused-ring (bicyclic) bond motifs is 1. The van der Waals surface area contributed by atoms with E-state index in [0.29, 0.717) is 5.15 Å². The van der Waals surface area contributed by atoms with Gasteiger partial charge in [0, 0.05) is 25.2 Å². The molecule has 0 saturated carbocycles. The molecule has 5 heteroatoms. The van der Waals surface area contributed by atoms with Crippen LogP contribution in [0.1, 0.15) is 19.5 Å². The lowest BCUT2D eigenvalue weighted by atomic mass is 9.85. The molecule has 2 aliphatic rings. The van der Waals surface area contributed by atoms with Crippen LogP contribution in [0.3, 0.4) is 0 Å². The lowest BCUT2D eigenvalue weighted by molar-refractivity contribution is 0.130. The number of nitrogens with zero attached hydrogens (tertiary/aromatic N) is 3. The first-order valence-corrected chi connectivity index (χ1v) is 6.87. The first-order chi connectivity index (χ1) is 8.57. The van der Waals surface area contributed by atoms with Crippen LogP contribution in [0.5, 0.6) is 0 Å². The van der Waals surface area contributed by atoms with Crippen LogP contribution in [-0.2, 0) is 6.54 Å². The number of hydrogen-bond donors (Lipinski definition) is 1. The van der Waals surface area contributed by atoms with Crippen molar-refractivity contribution in [3.63, 3.8) is 0 Å². The molecule has 0 spiro atoms. The summed E-state index contributed by atoms with van der Waals surface area (Å²) in [6, 6.07) is 0. The topological polar surface area (TPSA) is 41.0 Å². The van der Waals surface area contributed by atoms with Crippen molar-refractivity contribution in [3.05, 3.63) is 23.2 Å². The van der Waals surface area contributed by atoms with E-state index >= 15 is 0 Å². The van der Waals surface area contributed by atoms with E-state index in [1.54, 1.807) is 12.4 Å². The van der Waals surface area contributed by atoms with E-state index in [1.807, 2.05) is 0 Å². The molecule has 0 amide bonds. The van der Waals surface area contributed by atoms with Crippen LogP contribution >= 0.6 is 11.6 Å². The lowest BCUT2D eigenvalue weighted by Crippen LogP contribution is -2.44. The third-order valence-corrected chi connectivity index (χ3v) is 4.74. The zero-order valence-electron chi connectivity index (χ0n) is 10.9. The summed E-state index contributed by atoms with van der Waals surface area (Å²) in [5, 5.41) is 3.96. The predicted molar refractivity (Wildman–Crippen MR) is 71.4 cm³/mol. The van der Waals surface area contributed by atoms with Gasteiger partial charge < -0.3 is 5.32 Å². The van der Waals surface area contributed by atoms with Crippen molar-refractivity contribution in [1.29, 1.82) is 0 Å². The van der Waals surface area contributed by atoms with E-state index < -0.39 is 0 Å². The van der Waals surface area contributed by atoms with Gasteiger partial charge in [0.15, 0.2) is 0 Å². The number of halogens is 1. The highest BCUT2D eigenvalue weighted by molar-refractivity contribution is 6.29. The summed E-state index contributed by atoms with van der Waals surface area (Å²) in [4.78, 5) is 11.0. The lowest BCUT2D eigenvalue weighted by Gasteiger charge is -2.35. The molecule has 0 aliphatic carbocycles. The molecule has 1 aromatic heterocycles. The Bertz CT molecular complexity index is 431. The third-order valence-electron chi connectivity index (χ3n) is 4.54. The molecule has 0 aromatic carbocycles. The van der Waals surface area contributed by atoms with E-state index in [-0.39, 0.29) is 5.54 Å². The summed E-state index contributed by atoms with van der Waals surface area (Å²) in [5.74, 6) is 1.53. The minimum Gasteiger partial charge on any atom is -0.316 e. The molecular formula is C13H19ClN4. The zero-order valence-corrected chi connectivity index (χ0v) is 11.6. The molecule has 4 nitrogen and oxygen atoms in total. The van der Waals surface area contributed by atoms with Crippen LogP contribution in [0.2, 0.25) is 5.15 Å². The van der Waals surface area contributed by atoms with Crippen molar-refractivity contribution in [3.8, 4) is 0 Å². The van der Waals surface area contributed by atoms with Gasteiger partial charge in [-0.1, -0.05) is 11.6 Å².